The summed E-state index contributed by atoms with van der Waals surface area (Å²) in [5.74, 6) is -1.59. The Balaban J connectivity index is 1.55. The number of methoxy groups -OCH3 is 1. The number of hydrogen-bond acceptors (Lipinski definition) is 6. The Labute approximate surface area is 172 Å². The van der Waals surface area contributed by atoms with Crippen LogP contribution in [0, 0.1) is 0 Å². The van der Waals surface area contributed by atoms with Crippen LogP contribution in [0.25, 0.3) is 11.1 Å². The molecule has 0 unspecified atom stereocenters. The van der Waals surface area contributed by atoms with Gasteiger partial charge in [0.05, 0.1) is 18.2 Å². The van der Waals surface area contributed by atoms with Crippen molar-refractivity contribution in [1.82, 2.24) is 5.32 Å². The summed E-state index contributed by atoms with van der Waals surface area (Å²) >= 11 is 0. The number of carbonyl (C=O) groups excluding carboxylic acids is 3. The van der Waals surface area contributed by atoms with Crippen LogP contribution in [0.4, 0.5) is 0 Å². The predicted molar refractivity (Wildman–Crippen MR) is 109 cm³/mol. The summed E-state index contributed by atoms with van der Waals surface area (Å²) in [7, 11) is 1.42. The van der Waals surface area contributed by atoms with E-state index in [0.29, 0.717) is 5.75 Å². The molecule has 30 heavy (non-hydrogen) atoms. The van der Waals surface area contributed by atoms with Crippen molar-refractivity contribution in [3.8, 4) is 22.6 Å². The lowest BCUT2D eigenvalue weighted by atomic mass is 10.0. The maximum absolute atomic E-state index is 12.2. The molecule has 0 aliphatic heterocycles. The minimum absolute atomic E-state index is 0.168. The minimum Gasteiger partial charge on any atom is -0.508 e. The first kappa shape index (κ1) is 20.6. The van der Waals surface area contributed by atoms with Crippen molar-refractivity contribution in [1.29, 1.82) is 0 Å². The number of aromatic hydroxyl groups is 1. The first-order chi connectivity index (χ1) is 14.5. The molecule has 0 spiro atoms. The number of amides is 2. The van der Waals surface area contributed by atoms with Crippen LogP contribution in [-0.2, 0) is 9.53 Å². The first-order valence-corrected chi connectivity index (χ1v) is 9.01. The summed E-state index contributed by atoms with van der Waals surface area (Å²) in [5.41, 5.74) is 2.19. The molecule has 0 fully saturated rings. The summed E-state index contributed by atoms with van der Waals surface area (Å²) in [4.78, 5) is 36.3. The van der Waals surface area contributed by atoms with Crippen LogP contribution in [-0.4, -0.2) is 36.6 Å². The number of phenols is 1. The van der Waals surface area contributed by atoms with Crippen molar-refractivity contribution in [3.05, 3.63) is 83.9 Å². The van der Waals surface area contributed by atoms with Gasteiger partial charge >= 0.3 is 5.97 Å². The van der Waals surface area contributed by atoms with Gasteiger partial charge in [0.1, 0.15) is 11.5 Å². The fraction of sp³-hybridized carbons (Fsp3) is 0.0870. The van der Waals surface area contributed by atoms with Crippen LogP contribution < -0.4 is 10.1 Å². The van der Waals surface area contributed by atoms with Crippen LogP contribution in [0.1, 0.15) is 20.7 Å². The highest BCUT2D eigenvalue weighted by Gasteiger charge is 2.16. The number of esters is 1. The third kappa shape index (κ3) is 5.02. The van der Waals surface area contributed by atoms with Gasteiger partial charge < -0.3 is 14.6 Å². The van der Waals surface area contributed by atoms with Gasteiger partial charge in [-0.1, -0.05) is 36.4 Å². The number of imide groups is 1. The normalized spacial score (nSPS) is 10.2. The largest absolute Gasteiger partial charge is 0.508 e. The SMILES string of the molecule is COc1ccccc1C(=O)NC(=O)COC(=O)c1ccc(-c2ccc(O)cc2)cc1. The quantitative estimate of drug-likeness (QED) is 0.611. The van der Waals surface area contributed by atoms with Crippen molar-refractivity contribution in [2.75, 3.05) is 13.7 Å². The smallest absolute Gasteiger partial charge is 0.338 e. The zero-order chi connectivity index (χ0) is 21.5. The molecule has 7 heteroatoms. The van der Waals surface area contributed by atoms with E-state index in [1.54, 1.807) is 66.7 Å². The lowest BCUT2D eigenvalue weighted by Gasteiger charge is -2.09. The molecule has 0 saturated heterocycles. The predicted octanol–water partition coefficient (Wildman–Crippen LogP) is 3.18. The molecule has 2 amide bonds. The number of rotatable bonds is 6. The topological polar surface area (TPSA) is 102 Å². The van der Waals surface area contributed by atoms with E-state index < -0.39 is 24.4 Å². The highest BCUT2D eigenvalue weighted by molar-refractivity contribution is 6.07. The van der Waals surface area contributed by atoms with Crippen LogP contribution in [0.2, 0.25) is 0 Å². The summed E-state index contributed by atoms with van der Waals surface area (Å²) in [6.45, 7) is -0.598. The first-order valence-electron chi connectivity index (χ1n) is 9.01. The second-order valence-electron chi connectivity index (χ2n) is 6.28. The second-order valence-corrected chi connectivity index (χ2v) is 6.28. The molecule has 0 radical (unpaired) electrons. The number of ether oxygens (including phenoxy) is 2. The molecular weight excluding hydrogens is 386 g/mol. The molecule has 3 rings (SSSR count). The molecule has 0 aliphatic rings. The van der Waals surface area contributed by atoms with Gasteiger partial charge in [0.15, 0.2) is 6.61 Å². The standard InChI is InChI=1S/C23H19NO6/c1-29-20-5-3-2-4-19(20)22(27)24-21(26)14-30-23(28)17-8-6-15(7-9-17)16-10-12-18(25)13-11-16/h2-13,25H,14H2,1H3,(H,24,26,27). The summed E-state index contributed by atoms with van der Waals surface area (Å²) in [6, 6.07) is 19.7. The maximum Gasteiger partial charge on any atom is 0.338 e. The average Bonchev–Trinajstić information content (AvgIpc) is 2.78. The maximum atomic E-state index is 12.2. The van der Waals surface area contributed by atoms with E-state index in [4.69, 9.17) is 9.47 Å². The zero-order valence-corrected chi connectivity index (χ0v) is 16.1. The van der Waals surface area contributed by atoms with Crippen LogP contribution in [0.3, 0.4) is 0 Å². The van der Waals surface area contributed by atoms with E-state index in [2.05, 4.69) is 5.32 Å². The van der Waals surface area contributed by atoms with Crippen LogP contribution >= 0.6 is 0 Å². The van der Waals surface area contributed by atoms with E-state index in [0.717, 1.165) is 11.1 Å². The molecule has 2 N–H and O–H groups in total. The zero-order valence-electron chi connectivity index (χ0n) is 16.1. The summed E-state index contributed by atoms with van der Waals surface area (Å²) in [5, 5.41) is 11.5. The van der Waals surface area contributed by atoms with Gasteiger partial charge in [-0.05, 0) is 47.5 Å². The van der Waals surface area contributed by atoms with Crippen LogP contribution in [0.15, 0.2) is 72.8 Å². The molecule has 0 aromatic heterocycles. The van der Waals surface area contributed by atoms with E-state index in [-0.39, 0.29) is 16.9 Å². The minimum atomic E-state index is -0.750. The van der Waals surface area contributed by atoms with Crippen molar-refractivity contribution in [2.24, 2.45) is 0 Å². The Kier molecular flexibility index (Phi) is 6.44. The molecule has 0 heterocycles. The molecular formula is C23H19NO6. The molecule has 7 nitrogen and oxygen atoms in total. The Morgan fingerprint density at radius 1 is 0.867 bits per heavy atom. The Bertz CT molecular complexity index is 1060. The molecule has 152 valence electrons. The van der Waals surface area contributed by atoms with Gasteiger partial charge in [0.25, 0.3) is 11.8 Å². The number of benzene rings is 3. The fourth-order valence-corrected chi connectivity index (χ4v) is 2.73. The van der Waals surface area contributed by atoms with Crippen LogP contribution in [0.5, 0.6) is 11.5 Å². The number of nitrogens with one attached hydrogen (secondary N) is 1. The Morgan fingerprint density at radius 3 is 2.10 bits per heavy atom. The van der Waals surface area contributed by atoms with Crippen molar-refractivity contribution < 1.29 is 29.0 Å². The van der Waals surface area contributed by atoms with Gasteiger partial charge in [0, 0.05) is 0 Å². The Morgan fingerprint density at radius 2 is 1.47 bits per heavy atom. The molecule has 3 aromatic carbocycles. The number of carbonyl (C=O) groups is 3. The third-order valence-electron chi connectivity index (χ3n) is 4.26. The van der Waals surface area contributed by atoms with Crippen molar-refractivity contribution in [3.63, 3.8) is 0 Å². The monoisotopic (exact) mass is 405 g/mol. The number of phenolic OH excluding ortho intramolecular Hbond substituents is 1. The highest BCUT2D eigenvalue weighted by atomic mass is 16.5. The number of hydrogen-bond donors (Lipinski definition) is 2. The highest BCUT2D eigenvalue weighted by Crippen LogP contribution is 2.22. The van der Waals surface area contributed by atoms with Crippen molar-refractivity contribution in [2.45, 2.75) is 0 Å². The molecule has 0 bridgehead atoms. The average molecular weight is 405 g/mol. The number of para-hydroxylation sites is 1. The van der Waals surface area contributed by atoms with E-state index >= 15 is 0 Å². The Hall–Kier alpha value is -4.13. The summed E-state index contributed by atoms with van der Waals surface area (Å²) < 4.78 is 10.1. The van der Waals surface area contributed by atoms with Gasteiger partial charge in [-0.2, -0.15) is 0 Å². The lowest BCUT2D eigenvalue weighted by molar-refractivity contribution is -0.123. The molecule has 3 aromatic rings. The van der Waals surface area contributed by atoms with E-state index in [1.807, 2.05) is 0 Å². The molecule has 0 saturated carbocycles. The fourth-order valence-electron chi connectivity index (χ4n) is 2.73. The van der Waals surface area contributed by atoms with Gasteiger partial charge in [-0.3, -0.25) is 14.9 Å². The molecule has 0 aliphatic carbocycles. The van der Waals surface area contributed by atoms with E-state index in [1.165, 1.54) is 13.2 Å². The summed E-state index contributed by atoms with van der Waals surface area (Å²) in [6.07, 6.45) is 0. The third-order valence-corrected chi connectivity index (χ3v) is 4.26. The van der Waals surface area contributed by atoms with Gasteiger partial charge in [-0.15, -0.1) is 0 Å². The second kappa shape index (κ2) is 9.38. The van der Waals surface area contributed by atoms with Crippen molar-refractivity contribution >= 4 is 17.8 Å². The van der Waals surface area contributed by atoms with Gasteiger partial charge in [0.2, 0.25) is 0 Å². The lowest BCUT2D eigenvalue weighted by Crippen LogP contribution is -2.34. The van der Waals surface area contributed by atoms with E-state index in [9.17, 15) is 19.5 Å². The van der Waals surface area contributed by atoms with Gasteiger partial charge in [-0.25, -0.2) is 4.79 Å². The molecule has 0 atom stereocenters.